The highest BCUT2D eigenvalue weighted by Gasteiger charge is 2.41. The molecule has 0 spiro atoms. The van der Waals surface area contributed by atoms with Crippen LogP contribution in [0.25, 0.3) is 0 Å². The van der Waals surface area contributed by atoms with E-state index in [0.29, 0.717) is 31.2 Å². The van der Waals surface area contributed by atoms with Gasteiger partial charge in [-0.25, -0.2) is 12.7 Å². The van der Waals surface area contributed by atoms with Crippen LogP contribution in [0.2, 0.25) is 5.02 Å². The fraction of sp³-hybridized carbons (Fsp3) is 0.333. The van der Waals surface area contributed by atoms with Crippen molar-refractivity contribution < 1.29 is 18.0 Å². The highest BCUT2D eigenvalue weighted by Crippen LogP contribution is 2.30. The Morgan fingerprint density at radius 2 is 1.77 bits per heavy atom. The number of rotatable bonds is 4. The molecule has 0 saturated carbocycles. The van der Waals surface area contributed by atoms with Crippen LogP contribution in [0.3, 0.4) is 0 Å². The molecule has 2 aromatic carbocycles. The van der Waals surface area contributed by atoms with Gasteiger partial charge in [0.1, 0.15) is 4.90 Å². The second-order valence-corrected chi connectivity index (χ2v) is 9.69. The van der Waals surface area contributed by atoms with Gasteiger partial charge >= 0.3 is 0 Å². The highest BCUT2D eigenvalue weighted by molar-refractivity contribution is 7.90. The Hall–Kier alpha value is -2.58. The Bertz CT molecular complexity index is 1110. The van der Waals surface area contributed by atoms with Gasteiger partial charge in [-0.1, -0.05) is 29.8 Å². The smallest absolute Gasteiger partial charge is 0.269 e. The van der Waals surface area contributed by atoms with Crippen LogP contribution in [-0.4, -0.2) is 62.2 Å². The molecule has 0 aliphatic carbocycles. The zero-order valence-electron chi connectivity index (χ0n) is 16.5. The molecule has 9 heteroatoms. The second kappa shape index (κ2) is 7.92. The Morgan fingerprint density at radius 3 is 2.47 bits per heavy atom. The lowest BCUT2D eigenvalue weighted by Gasteiger charge is -2.37. The Balaban J connectivity index is 1.36. The number of fused-ring (bicyclic) bond motifs is 1. The maximum absolute atomic E-state index is 12.7. The summed E-state index contributed by atoms with van der Waals surface area (Å²) >= 11 is 6.11. The lowest BCUT2D eigenvalue weighted by atomic mass is 10.1. The number of carbonyl (C=O) groups is 2. The minimum atomic E-state index is -3.88. The molecule has 2 aliphatic heterocycles. The van der Waals surface area contributed by atoms with E-state index in [1.54, 1.807) is 17.0 Å². The van der Waals surface area contributed by atoms with E-state index in [4.69, 9.17) is 11.6 Å². The van der Waals surface area contributed by atoms with Gasteiger partial charge in [-0.05, 0) is 36.8 Å². The van der Waals surface area contributed by atoms with Crippen molar-refractivity contribution >= 4 is 39.1 Å². The van der Waals surface area contributed by atoms with Crippen molar-refractivity contribution in [3.63, 3.8) is 0 Å². The molecule has 1 fully saturated rings. The molecule has 7 nitrogen and oxygen atoms in total. The van der Waals surface area contributed by atoms with E-state index < -0.39 is 15.9 Å². The van der Waals surface area contributed by atoms with Crippen molar-refractivity contribution in [3.05, 3.63) is 58.6 Å². The number of amides is 2. The first-order valence-electron chi connectivity index (χ1n) is 9.74. The quantitative estimate of drug-likeness (QED) is 0.719. The van der Waals surface area contributed by atoms with Crippen molar-refractivity contribution in [1.29, 1.82) is 0 Å². The number of benzene rings is 2. The van der Waals surface area contributed by atoms with Gasteiger partial charge in [0.2, 0.25) is 5.91 Å². The number of halogens is 1. The van der Waals surface area contributed by atoms with Gasteiger partial charge in [0.05, 0.1) is 5.56 Å². The first-order valence-corrected chi connectivity index (χ1v) is 11.6. The second-order valence-electron chi connectivity index (χ2n) is 7.43. The molecular formula is C21H22ClN3O4S. The Morgan fingerprint density at radius 1 is 1.07 bits per heavy atom. The van der Waals surface area contributed by atoms with Gasteiger partial charge in [0.25, 0.3) is 15.9 Å². The van der Waals surface area contributed by atoms with Crippen molar-refractivity contribution in [2.24, 2.45) is 0 Å². The molecule has 158 valence electrons. The van der Waals surface area contributed by atoms with E-state index in [1.807, 2.05) is 25.1 Å². The fourth-order valence-electron chi connectivity index (χ4n) is 3.93. The van der Waals surface area contributed by atoms with Crippen molar-refractivity contribution in [2.75, 3.05) is 37.6 Å². The molecule has 2 heterocycles. The molecule has 2 aliphatic rings. The maximum atomic E-state index is 12.7. The largest absolute Gasteiger partial charge is 0.368 e. The number of hydrogen-bond donors (Lipinski definition) is 0. The van der Waals surface area contributed by atoms with E-state index in [9.17, 15) is 18.0 Å². The topological polar surface area (TPSA) is 78.0 Å². The number of piperazine rings is 1. The van der Waals surface area contributed by atoms with Gasteiger partial charge in [0.15, 0.2) is 0 Å². The van der Waals surface area contributed by atoms with Crippen LogP contribution >= 0.6 is 11.6 Å². The summed E-state index contributed by atoms with van der Waals surface area (Å²) in [5.41, 5.74) is 2.34. The Labute approximate surface area is 180 Å². The third-order valence-electron chi connectivity index (χ3n) is 5.59. The number of carbonyl (C=O) groups excluding carboxylic acids is 2. The lowest BCUT2D eigenvalue weighted by molar-refractivity contribution is -0.131. The van der Waals surface area contributed by atoms with Crippen LogP contribution in [0.4, 0.5) is 5.69 Å². The first-order chi connectivity index (χ1) is 14.3. The summed E-state index contributed by atoms with van der Waals surface area (Å²) in [5.74, 6) is -0.726. The Kier molecular flexibility index (Phi) is 5.46. The predicted molar refractivity (Wildman–Crippen MR) is 114 cm³/mol. The summed E-state index contributed by atoms with van der Waals surface area (Å²) in [7, 11) is -3.88. The summed E-state index contributed by atoms with van der Waals surface area (Å²) in [4.78, 5) is 29.0. The summed E-state index contributed by atoms with van der Waals surface area (Å²) in [6.07, 6.45) is -0.0326. The zero-order chi connectivity index (χ0) is 21.5. The van der Waals surface area contributed by atoms with Crippen LogP contribution in [0.15, 0.2) is 47.4 Å². The van der Waals surface area contributed by atoms with Gasteiger partial charge < -0.3 is 9.80 Å². The molecule has 2 aromatic rings. The average molecular weight is 448 g/mol. The van der Waals surface area contributed by atoms with Crippen molar-refractivity contribution in [1.82, 2.24) is 9.21 Å². The molecule has 0 bridgehead atoms. The van der Waals surface area contributed by atoms with Crippen LogP contribution in [0, 0.1) is 6.92 Å². The summed E-state index contributed by atoms with van der Waals surface area (Å²) in [6, 6.07) is 11.9. The monoisotopic (exact) mass is 447 g/mol. The third kappa shape index (κ3) is 3.65. The van der Waals surface area contributed by atoms with Crippen LogP contribution in [0.5, 0.6) is 0 Å². The van der Waals surface area contributed by atoms with Gasteiger partial charge in [-0.2, -0.15) is 0 Å². The van der Waals surface area contributed by atoms with E-state index in [-0.39, 0.29) is 29.3 Å². The molecular weight excluding hydrogens is 426 g/mol. The van der Waals surface area contributed by atoms with E-state index in [0.717, 1.165) is 15.6 Å². The normalized spacial score (nSPS) is 17.9. The number of sulfonamides is 1. The van der Waals surface area contributed by atoms with Crippen molar-refractivity contribution in [2.45, 2.75) is 18.2 Å². The predicted octanol–water partition coefficient (Wildman–Crippen LogP) is 2.53. The molecule has 0 unspecified atom stereocenters. The number of anilines is 1. The molecule has 0 radical (unpaired) electrons. The van der Waals surface area contributed by atoms with Gasteiger partial charge in [0, 0.05) is 49.9 Å². The van der Waals surface area contributed by atoms with E-state index >= 15 is 0 Å². The van der Waals surface area contributed by atoms with Crippen LogP contribution < -0.4 is 4.90 Å². The molecule has 0 N–H and O–H groups in total. The molecule has 4 rings (SSSR count). The first kappa shape index (κ1) is 20.7. The SMILES string of the molecule is Cc1ccc(Cl)cc1N1CCN(C(=O)CCN2C(=O)c3ccccc3S2(=O)=O)CC1. The molecule has 0 aromatic heterocycles. The number of aryl methyl sites for hydroxylation is 1. The van der Waals surface area contributed by atoms with Gasteiger partial charge in [-0.3, -0.25) is 9.59 Å². The standard InChI is InChI=1S/C21H22ClN3O4S/c1-15-6-7-16(22)14-18(15)23-10-12-24(13-11-23)20(26)8-9-25-21(27)17-4-2-3-5-19(17)30(25,28)29/h2-7,14H,8-13H2,1H3. The third-order valence-corrected chi connectivity index (χ3v) is 7.66. The van der Waals surface area contributed by atoms with Crippen molar-refractivity contribution in [3.8, 4) is 0 Å². The van der Waals surface area contributed by atoms with Crippen LogP contribution in [0.1, 0.15) is 22.3 Å². The molecule has 30 heavy (non-hydrogen) atoms. The summed E-state index contributed by atoms with van der Waals surface area (Å²) in [5, 5.41) is 0.673. The number of nitrogens with zero attached hydrogens (tertiary/aromatic N) is 3. The fourth-order valence-corrected chi connectivity index (χ4v) is 5.66. The van der Waals surface area contributed by atoms with Crippen LogP contribution in [-0.2, 0) is 14.8 Å². The maximum Gasteiger partial charge on any atom is 0.269 e. The molecule has 1 saturated heterocycles. The minimum absolute atomic E-state index is 0.00737. The average Bonchev–Trinajstić information content (AvgIpc) is 2.94. The van der Waals surface area contributed by atoms with E-state index in [1.165, 1.54) is 12.1 Å². The number of hydrogen-bond acceptors (Lipinski definition) is 5. The molecule has 2 amide bonds. The summed E-state index contributed by atoms with van der Waals surface area (Å²) < 4.78 is 26.0. The van der Waals surface area contributed by atoms with E-state index in [2.05, 4.69) is 4.90 Å². The lowest BCUT2D eigenvalue weighted by Crippen LogP contribution is -2.49. The zero-order valence-corrected chi connectivity index (χ0v) is 18.1. The summed E-state index contributed by atoms with van der Waals surface area (Å²) in [6.45, 7) is 4.27. The minimum Gasteiger partial charge on any atom is -0.368 e. The highest BCUT2D eigenvalue weighted by atomic mass is 35.5. The molecule has 0 atom stereocenters. The van der Waals surface area contributed by atoms with Gasteiger partial charge in [-0.15, -0.1) is 0 Å².